The molecule has 2 aromatic rings. The molecule has 0 bridgehead atoms. The molecule has 0 amide bonds. The van der Waals surface area contributed by atoms with Crippen LogP contribution in [0.2, 0.25) is 0 Å². The Hall–Kier alpha value is -1.67. The van der Waals surface area contributed by atoms with Gasteiger partial charge in [-0.15, -0.1) is 0 Å². The second-order valence-electron chi connectivity index (χ2n) is 6.10. The Morgan fingerprint density at radius 2 is 1.57 bits per heavy atom. The van der Waals surface area contributed by atoms with Gasteiger partial charge in [0.15, 0.2) is 0 Å². The third kappa shape index (κ3) is 3.70. The third-order valence-electron chi connectivity index (χ3n) is 3.88. The van der Waals surface area contributed by atoms with Crippen molar-refractivity contribution in [1.29, 1.82) is 0 Å². The van der Waals surface area contributed by atoms with Gasteiger partial charge in [0.25, 0.3) is 0 Å². The molecule has 0 aliphatic carbocycles. The van der Waals surface area contributed by atoms with E-state index in [0.717, 1.165) is 16.7 Å². The van der Waals surface area contributed by atoms with Crippen molar-refractivity contribution in [3.8, 4) is 11.1 Å². The van der Waals surface area contributed by atoms with Crippen molar-refractivity contribution in [2.24, 2.45) is 0 Å². The SMILES string of the molecule is Cc1cc(C)c(-c2ccc(CNC(C)C)cc2F)cc1C. The van der Waals surface area contributed by atoms with Crippen molar-refractivity contribution >= 4 is 0 Å². The molecular weight excluding hydrogens is 261 g/mol. The van der Waals surface area contributed by atoms with E-state index in [1.165, 1.54) is 11.1 Å². The number of aryl methyl sites for hydroxylation is 3. The molecule has 21 heavy (non-hydrogen) atoms. The Kier molecular flexibility index (Phi) is 4.79. The molecular formula is C19H24FN. The molecule has 0 aromatic heterocycles. The topological polar surface area (TPSA) is 12.0 Å². The molecule has 2 aromatic carbocycles. The average Bonchev–Trinajstić information content (AvgIpc) is 2.41. The monoisotopic (exact) mass is 285 g/mol. The first-order chi connectivity index (χ1) is 9.88. The highest BCUT2D eigenvalue weighted by Gasteiger charge is 2.10. The van der Waals surface area contributed by atoms with Gasteiger partial charge in [-0.1, -0.05) is 38.1 Å². The Morgan fingerprint density at radius 3 is 2.19 bits per heavy atom. The van der Waals surface area contributed by atoms with E-state index in [1.807, 2.05) is 19.1 Å². The predicted molar refractivity (Wildman–Crippen MR) is 88.0 cm³/mol. The summed E-state index contributed by atoms with van der Waals surface area (Å²) in [5.41, 5.74) is 6.20. The normalized spacial score (nSPS) is 11.2. The lowest BCUT2D eigenvalue weighted by molar-refractivity contribution is 0.582. The highest BCUT2D eigenvalue weighted by atomic mass is 19.1. The van der Waals surface area contributed by atoms with E-state index in [0.29, 0.717) is 18.2 Å². The Balaban J connectivity index is 2.35. The highest BCUT2D eigenvalue weighted by molar-refractivity contribution is 5.69. The summed E-state index contributed by atoms with van der Waals surface area (Å²) in [7, 11) is 0. The van der Waals surface area contributed by atoms with Gasteiger partial charge in [-0.05, 0) is 54.7 Å². The maximum absolute atomic E-state index is 14.4. The largest absolute Gasteiger partial charge is 0.310 e. The van der Waals surface area contributed by atoms with Crippen molar-refractivity contribution in [3.05, 3.63) is 58.4 Å². The number of halogens is 1. The lowest BCUT2D eigenvalue weighted by Gasteiger charge is -2.13. The van der Waals surface area contributed by atoms with E-state index < -0.39 is 0 Å². The second kappa shape index (κ2) is 6.40. The van der Waals surface area contributed by atoms with Gasteiger partial charge >= 0.3 is 0 Å². The zero-order valence-corrected chi connectivity index (χ0v) is 13.5. The second-order valence-corrected chi connectivity index (χ2v) is 6.10. The molecule has 0 spiro atoms. The summed E-state index contributed by atoms with van der Waals surface area (Å²) >= 11 is 0. The summed E-state index contributed by atoms with van der Waals surface area (Å²) in [6, 6.07) is 10.1. The minimum atomic E-state index is -0.149. The Bertz CT molecular complexity index is 644. The van der Waals surface area contributed by atoms with Crippen LogP contribution < -0.4 is 5.32 Å². The van der Waals surface area contributed by atoms with E-state index in [9.17, 15) is 4.39 Å². The molecule has 2 heteroatoms. The molecule has 112 valence electrons. The summed E-state index contributed by atoms with van der Waals surface area (Å²) in [4.78, 5) is 0. The molecule has 1 nitrogen and oxygen atoms in total. The maximum Gasteiger partial charge on any atom is 0.131 e. The summed E-state index contributed by atoms with van der Waals surface area (Å²) in [6.45, 7) is 11.1. The van der Waals surface area contributed by atoms with Crippen LogP contribution >= 0.6 is 0 Å². The highest BCUT2D eigenvalue weighted by Crippen LogP contribution is 2.29. The molecule has 0 aliphatic heterocycles. The van der Waals surface area contributed by atoms with Gasteiger partial charge in [-0.25, -0.2) is 4.39 Å². The molecule has 1 N–H and O–H groups in total. The summed E-state index contributed by atoms with van der Waals surface area (Å²) in [6.07, 6.45) is 0. The molecule has 0 fully saturated rings. The van der Waals surface area contributed by atoms with Crippen molar-refractivity contribution < 1.29 is 4.39 Å². The van der Waals surface area contributed by atoms with Crippen molar-refractivity contribution in [3.63, 3.8) is 0 Å². The van der Waals surface area contributed by atoms with Gasteiger partial charge in [0.1, 0.15) is 5.82 Å². The van der Waals surface area contributed by atoms with E-state index in [1.54, 1.807) is 6.07 Å². The molecule has 0 unspecified atom stereocenters. The quantitative estimate of drug-likeness (QED) is 0.841. The molecule has 0 saturated carbocycles. The van der Waals surface area contributed by atoms with Crippen LogP contribution in [0.3, 0.4) is 0 Å². The van der Waals surface area contributed by atoms with Crippen molar-refractivity contribution in [2.45, 2.75) is 47.2 Å². The minimum absolute atomic E-state index is 0.149. The Labute approximate surface area is 127 Å². The van der Waals surface area contributed by atoms with Crippen LogP contribution in [0.15, 0.2) is 30.3 Å². The van der Waals surface area contributed by atoms with E-state index >= 15 is 0 Å². The summed E-state index contributed by atoms with van der Waals surface area (Å²) in [5, 5.41) is 3.31. The Morgan fingerprint density at radius 1 is 0.905 bits per heavy atom. The minimum Gasteiger partial charge on any atom is -0.310 e. The molecule has 0 heterocycles. The average molecular weight is 285 g/mol. The van der Waals surface area contributed by atoms with Crippen molar-refractivity contribution in [1.82, 2.24) is 5.32 Å². The van der Waals surface area contributed by atoms with Crippen LogP contribution in [0, 0.1) is 26.6 Å². The van der Waals surface area contributed by atoms with E-state index in [2.05, 4.69) is 45.1 Å². The van der Waals surface area contributed by atoms with Gasteiger partial charge < -0.3 is 5.32 Å². The fraction of sp³-hybridized carbons (Fsp3) is 0.368. The number of rotatable bonds is 4. The molecule has 0 saturated heterocycles. The number of hydrogen-bond donors (Lipinski definition) is 1. The fourth-order valence-corrected chi connectivity index (χ4v) is 2.46. The van der Waals surface area contributed by atoms with Crippen LogP contribution in [0.1, 0.15) is 36.1 Å². The van der Waals surface area contributed by atoms with Crippen LogP contribution in [0.25, 0.3) is 11.1 Å². The molecule has 0 atom stereocenters. The zero-order valence-electron chi connectivity index (χ0n) is 13.5. The number of hydrogen-bond acceptors (Lipinski definition) is 1. The van der Waals surface area contributed by atoms with Gasteiger partial charge in [-0.2, -0.15) is 0 Å². The first-order valence-electron chi connectivity index (χ1n) is 7.48. The summed E-state index contributed by atoms with van der Waals surface area (Å²) in [5.74, 6) is -0.149. The lowest BCUT2D eigenvalue weighted by Crippen LogP contribution is -2.21. The standard InChI is InChI=1S/C19H24FN/c1-12(2)21-11-16-6-7-17(19(20)10-16)18-9-14(4)13(3)8-15(18)5/h6-10,12,21H,11H2,1-5H3. The van der Waals surface area contributed by atoms with Crippen molar-refractivity contribution in [2.75, 3.05) is 0 Å². The molecule has 2 rings (SSSR count). The van der Waals surface area contributed by atoms with Gasteiger partial charge in [0.2, 0.25) is 0 Å². The predicted octanol–water partition coefficient (Wildman–Crippen LogP) is 4.92. The maximum atomic E-state index is 14.4. The molecule has 0 radical (unpaired) electrons. The lowest BCUT2D eigenvalue weighted by atomic mass is 9.94. The zero-order chi connectivity index (χ0) is 15.6. The number of nitrogens with one attached hydrogen (secondary N) is 1. The number of benzene rings is 2. The van der Waals surface area contributed by atoms with Gasteiger partial charge in [-0.3, -0.25) is 0 Å². The smallest absolute Gasteiger partial charge is 0.131 e. The molecule has 0 aliphatic rings. The first-order valence-corrected chi connectivity index (χ1v) is 7.48. The first kappa shape index (κ1) is 15.7. The summed E-state index contributed by atoms with van der Waals surface area (Å²) < 4.78 is 14.4. The van der Waals surface area contributed by atoms with Crippen LogP contribution in [-0.2, 0) is 6.54 Å². The van der Waals surface area contributed by atoms with Crippen LogP contribution in [0.5, 0.6) is 0 Å². The van der Waals surface area contributed by atoms with Gasteiger partial charge in [0, 0.05) is 18.2 Å². The fourth-order valence-electron chi connectivity index (χ4n) is 2.46. The third-order valence-corrected chi connectivity index (χ3v) is 3.88. The van der Waals surface area contributed by atoms with E-state index in [-0.39, 0.29) is 5.82 Å². The van der Waals surface area contributed by atoms with Crippen LogP contribution in [-0.4, -0.2) is 6.04 Å². The van der Waals surface area contributed by atoms with Gasteiger partial charge in [0.05, 0.1) is 0 Å². The van der Waals surface area contributed by atoms with E-state index in [4.69, 9.17) is 0 Å². The van der Waals surface area contributed by atoms with Crippen LogP contribution in [0.4, 0.5) is 4.39 Å².